The summed E-state index contributed by atoms with van der Waals surface area (Å²) in [5.41, 5.74) is 2.33. The second kappa shape index (κ2) is 7.83. The first-order valence-corrected chi connectivity index (χ1v) is 8.80. The van der Waals surface area contributed by atoms with Gasteiger partial charge in [-0.1, -0.05) is 35.9 Å². The molecular weight excluding hydrogens is 355 g/mol. The van der Waals surface area contributed by atoms with Gasteiger partial charge < -0.3 is 4.74 Å². The van der Waals surface area contributed by atoms with Crippen molar-refractivity contribution in [3.8, 4) is 0 Å². The molecule has 1 aliphatic carbocycles. The number of carbonyl (C=O) groups is 2. The molecule has 0 aromatic heterocycles. The van der Waals surface area contributed by atoms with Crippen LogP contribution in [-0.2, 0) is 14.3 Å². The molecular formula is C21H18ClFO3. The molecule has 0 radical (unpaired) electrons. The summed E-state index contributed by atoms with van der Waals surface area (Å²) in [7, 11) is 0. The largest absolute Gasteiger partial charge is 0.465 e. The maximum absolute atomic E-state index is 13.2. The van der Waals surface area contributed by atoms with E-state index in [1.54, 1.807) is 37.3 Å². The van der Waals surface area contributed by atoms with Crippen LogP contribution in [0.15, 0.2) is 54.6 Å². The van der Waals surface area contributed by atoms with E-state index in [1.165, 1.54) is 18.2 Å². The molecule has 26 heavy (non-hydrogen) atoms. The van der Waals surface area contributed by atoms with Crippen LogP contribution in [0.2, 0.25) is 5.02 Å². The predicted octanol–water partition coefficient (Wildman–Crippen LogP) is 4.80. The summed E-state index contributed by atoms with van der Waals surface area (Å²) < 4.78 is 18.3. The van der Waals surface area contributed by atoms with Crippen LogP contribution >= 0.6 is 11.6 Å². The monoisotopic (exact) mass is 372 g/mol. The topological polar surface area (TPSA) is 43.4 Å². The highest BCUT2D eigenvalue weighted by Crippen LogP contribution is 2.40. The highest BCUT2D eigenvalue weighted by atomic mass is 35.5. The maximum atomic E-state index is 13.2. The lowest BCUT2D eigenvalue weighted by atomic mass is 9.73. The summed E-state index contributed by atoms with van der Waals surface area (Å²) in [5, 5.41) is 0.537. The molecule has 1 aliphatic rings. The molecule has 134 valence electrons. The van der Waals surface area contributed by atoms with Gasteiger partial charge >= 0.3 is 5.97 Å². The summed E-state index contributed by atoms with van der Waals surface area (Å²) in [6.07, 6.45) is 1.93. The number of benzene rings is 2. The van der Waals surface area contributed by atoms with E-state index >= 15 is 0 Å². The molecule has 0 bridgehead atoms. The molecule has 0 fully saturated rings. The molecule has 0 saturated carbocycles. The van der Waals surface area contributed by atoms with Crippen LogP contribution < -0.4 is 0 Å². The van der Waals surface area contributed by atoms with Gasteiger partial charge in [0.2, 0.25) is 0 Å². The van der Waals surface area contributed by atoms with Crippen LogP contribution in [-0.4, -0.2) is 18.4 Å². The Hall–Kier alpha value is -2.46. The number of hydrogen-bond donors (Lipinski definition) is 0. The fourth-order valence-corrected chi connectivity index (χ4v) is 3.50. The minimum atomic E-state index is -0.905. The quantitative estimate of drug-likeness (QED) is 0.572. The summed E-state index contributed by atoms with van der Waals surface area (Å²) in [6.45, 7) is 1.92. The molecule has 0 amide bonds. The highest BCUT2D eigenvalue weighted by Gasteiger charge is 2.39. The number of carbonyl (C=O) groups excluding carboxylic acids is 2. The van der Waals surface area contributed by atoms with E-state index < -0.39 is 11.9 Å². The molecule has 2 aromatic rings. The van der Waals surface area contributed by atoms with Crippen LogP contribution in [0.4, 0.5) is 4.39 Å². The van der Waals surface area contributed by atoms with Crippen molar-refractivity contribution < 1.29 is 18.7 Å². The zero-order chi connectivity index (χ0) is 18.7. The zero-order valence-electron chi connectivity index (χ0n) is 14.2. The van der Waals surface area contributed by atoms with Crippen molar-refractivity contribution in [2.75, 3.05) is 6.61 Å². The smallest absolute Gasteiger partial charge is 0.317 e. The third-order valence-corrected chi connectivity index (χ3v) is 4.73. The van der Waals surface area contributed by atoms with Gasteiger partial charge in [0, 0.05) is 10.9 Å². The summed E-state index contributed by atoms with van der Waals surface area (Å²) >= 11 is 6.10. The van der Waals surface area contributed by atoms with Gasteiger partial charge in [-0.3, -0.25) is 9.59 Å². The van der Waals surface area contributed by atoms with Crippen LogP contribution in [0, 0.1) is 11.7 Å². The van der Waals surface area contributed by atoms with Crippen molar-refractivity contribution in [3.05, 3.63) is 76.6 Å². The van der Waals surface area contributed by atoms with Crippen LogP contribution in [0.3, 0.4) is 0 Å². The van der Waals surface area contributed by atoms with E-state index in [2.05, 4.69) is 0 Å². The lowest BCUT2D eigenvalue weighted by molar-refractivity contribution is -0.151. The van der Waals surface area contributed by atoms with E-state index in [1.807, 2.05) is 6.07 Å². The average molecular weight is 373 g/mol. The number of hydrogen-bond acceptors (Lipinski definition) is 3. The molecule has 0 N–H and O–H groups in total. The molecule has 0 heterocycles. The van der Waals surface area contributed by atoms with Gasteiger partial charge in [0.25, 0.3) is 0 Å². The van der Waals surface area contributed by atoms with Crippen LogP contribution in [0.5, 0.6) is 0 Å². The van der Waals surface area contributed by atoms with E-state index in [-0.39, 0.29) is 24.1 Å². The standard InChI is InChI=1S/C21H18ClFO3/c1-2-26-21(25)20-18(14-4-3-5-16(22)10-14)11-15(12-19(20)24)13-6-8-17(23)9-7-13/h3-10,12,18,20H,2,11H2,1H3. The number of allylic oxidation sites excluding steroid dienone is 2. The van der Waals surface area contributed by atoms with Crippen molar-refractivity contribution in [2.24, 2.45) is 5.92 Å². The molecule has 3 nitrogen and oxygen atoms in total. The Morgan fingerprint density at radius 1 is 1.23 bits per heavy atom. The van der Waals surface area contributed by atoms with Crippen molar-refractivity contribution in [2.45, 2.75) is 19.3 Å². The van der Waals surface area contributed by atoms with Gasteiger partial charge in [-0.15, -0.1) is 0 Å². The first-order valence-electron chi connectivity index (χ1n) is 8.42. The maximum Gasteiger partial charge on any atom is 0.317 e. The Morgan fingerprint density at radius 3 is 2.62 bits per heavy atom. The fraction of sp³-hybridized carbons (Fsp3) is 0.238. The Kier molecular flexibility index (Phi) is 5.52. The van der Waals surface area contributed by atoms with Gasteiger partial charge in [-0.05, 0) is 60.4 Å². The van der Waals surface area contributed by atoms with Gasteiger partial charge in [0.1, 0.15) is 11.7 Å². The van der Waals surface area contributed by atoms with Gasteiger partial charge in [0.05, 0.1) is 6.61 Å². The third kappa shape index (κ3) is 3.86. The van der Waals surface area contributed by atoms with E-state index in [0.29, 0.717) is 11.4 Å². The van der Waals surface area contributed by atoms with E-state index in [4.69, 9.17) is 16.3 Å². The Labute approximate surface area is 156 Å². The van der Waals surface area contributed by atoms with Gasteiger partial charge in [0.15, 0.2) is 5.78 Å². The normalized spacial score (nSPS) is 19.8. The van der Waals surface area contributed by atoms with Crippen LogP contribution in [0.25, 0.3) is 5.57 Å². The second-order valence-electron chi connectivity index (χ2n) is 6.17. The predicted molar refractivity (Wildman–Crippen MR) is 98.3 cm³/mol. The molecule has 0 aliphatic heterocycles. The summed E-state index contributed by atoms with van der Waals surface area (Å²) in [6, 6.07) is 13.1. The molecule has 2 atom stereocenters. The lowest BCUT2D eigenvalue weighted by Gasteiger charge is -2.29. The number of halogens is 2. The first kappa shape index (κ1) is 18.3. The second-order valence-corrected chi connectivity index (χ2v) is 6.61. The SMILES string of the molecule is CCOC(=O)C1C(=O)C=C(c2ccc(F)cc2)CC1c1cccc(Cl)c1. The molecule has 0 spiro atoms. The summed E-state index contributed by atoms with van der Waals surface area (Å²) in [4.78, 5) is 25.2. The first-order chi connectivity index (χ1) is 12.5. The molecule has 2 unspecified atom stereocenters. The minimum Gasteiger partial charge on any atom is -0.465 e. The molecule has 3 rings (SSSR count). The minimum absolute atomic E-state index is 0.208. The molecule has 5 heteroatoms. The zero-order valence-corrected chi connectivity index (χ0v) is 15.0. The lowest BCUT2D eigenvalue weighted by Crippen LogP contribution is -2.34. The van der Waals surface area contributed by atoms with Crippen molar-refractivity contribution in [1.29, 1.82) is 0 Å². The Morgan fingerprint density at radius 2 is 1.96 bits per heavy atom. The van der Waals surface area contributed by atoms with E-state index in [9.17, 15) is 14.0 Å². The van der Waals surface area contributed by atoms with Gasteiger partial charge in [-0.2, -0.15) is 0 Å². The van der Waals surface area contributed by atoms with Crippen molar-refractivity contribution >= 4 is 28.9 Å². The number of ketones is 1. The van der Waals surface area contributed by atoms with Crippen molar-refractivity contribution in [3.63, 3.8) is 0 Å². The highest BCUT2D eigenvalue weighted by molar-refractivity contribution is 6.30. The molecule has 0 saturated heterocycles. The van der Waals surface area contributed by atoms with E-state index in [0.717, 1.165) is 16.7 Å². The van der Waals surface area contributed by atoms with Gasteiger partial charge in [-0.25, -0.2) is 4.39 Å². The number of esters is 1. The number of ether oxygens (including phenoxy) is 1. The Bertz CT molecular complexity index is 858. The van der Waals surface area contributed by atoms with Crippen LogP contribution in [0.1, 0.15) is 30.4 Å². The molecule has 2 aromatic carbocycles. The number of rotatable bonds is 4. The third-order valence-electron chi connectivity index (χ3n) is 4.50. The fourth-order valence-electron chi connectivity index (χ4n) is 3.30. The summed E-state index contributed by atoms with van der Waals surface area (Å²) in [5.74, 6) is -2.47. The Balaban J connectivity index is 2.02. The van der Waals surface area contributed by atoms with Crippen molar-refractivity contribution in [1.82, 2.24) is 0 Å². The average Bonchev–Trinajstić information content (AvgIpc) is 2.61.